The van der Waals surface area contributed by atoms with Gasteiger partial charge in [-0.15, -0.1) is 0 Å². The number of carbonyl (C=O) groups is 2. The first-order chi connectivity index (χ1) is 9.45. The molecule has 0 aromatic heterocycles. The first-order valence-electron chi connectivity index (χ1n) is 7.79. The standard InChI is InChI=1S/C16H30N2O3/c1-11(2)14(20)18-9-7-8-12(10-18)13(19)17-15(3,4)16(5,6)21/h11-12,21H,7-10H2,1-6H3,(H,17,19). The molecule has 2 amide bonds. The molecular formula is C16H30N2O3. The van der Waals surface area contributed by atoms with E-state index in [0.29, 0.717) is 6.54 Å². The maximum absolute atomic E-state index is 12.4. The Morgan fingerprint density at radius 1 is 1.24 bits per heavy atom. The average Bonchev–Trinajstić information content (AvgIpc) is 2.36. The lowest BCUT2D eigenvalue weighted by Gasteiger charge is -2.40. The number of likely N-dealkylation sites (tertiary alicyclic amines) is 1. The molecule has 0 aliphatic carbocycles. The molecule has 1 heterocycles. The molecule has 0 aromatic rings. The predicted octanol–water partition coefficient (Wildman–Crippen LogP) is 1.55. The van der Waals surface area contributed by atoms with Crippen molar-refractivity contribution in [3.63, 3.8) is 0 Å². The molecule has 1 saturated heterocycles. The SMILES string of the molecule is CC(C)C(=O)N1CCCC(C(=O)NC(C)(C)C(C)(C)O)C1. The van der Waals surface area contributed by atoms with Crippen LogP contribution < -0.4 is 5.32 Å². The van der Waals surface area contributed by atoms with Crippen molar-refractivity contribution >= 4 is 11.8 Å². The second-order valence-electron chi connectivity index (χ2n) is 7.45. The number of nitrogens with zero attached hydrogens (tertiary/aromatic N) is 1. The lowest BCUT2D eigenvalue weighted by molar-refractivity contribution is -0.139. The van der Waals surface area contributed by atoms with E-state index in [0.717, 1.165) is 19.4 Å². The third-order valence-corrected chi connectivity index (χ3v) is 4.56. The summed E-state index contributed by atoms with van der Waals surface area (Å²) in [7, 11) is 0. The largest absolute Gasteiger partial charge is 0.388 e. The Morgan fingerprint density at radius 2 is 1.81 bits per heavy atom. The van der Waals surface area contributed by atoms with Gasteiger partial charge in [-0.3, -0.25) is 9.59 Å². The molecule has 122 valence electrons. The molecule has 1 rings (SSSR count). The molecule has 1 fully saturated rings. The number of hydrogen-bond donors (Lipinski definition) is 2. The summed E-state index contributed by atoms with van der Waals surface area (Å²) in [5.41, 5.74) is -1.72. The molecule has 5 nitrogen and oxygen atoms in total. The second kappa shape index (κ2) is 6.34. The number of hydrogen-bond acceptors (Lipinski definition) is 3. The predicted molar refractivity (Wildman–Crippen MR) is 82.7 cm³/mol. The molecule has 1 atom stereocenters. The van der Waals surface area contributed by atoms with Gasteiger partial charge in [0.1, 0.15) is 0 Å². The van der Waals surface area contributed by atoms with E-state index in [4.69, 9.17) is 0 Å². The average molecular weight is 298 g/mol. The second-order valence-corrected chi connectivity index (χ2v) is 7.45. The fraction of sp³-hybridized carbons (Fsp3) is 0.875. The van der Waals surface area contributed by atoms with E-state index < -0.39 is 11.1 Å². The Bertz CT molecular complexity index is 397. The van der Waals surface area contributed by atoms with Crippen LogP contribution in [0.3, 0.4) is 0 Å². The van der Waals surface area contributed by atoms with E-state index in [9.17, 15) is 14.7 Å². The van der Waals surface area contributed by atoms with E-state index >= 15 is 0 Å². The summed E-state index contributed by atoms with van der Waals surface area (Å²) >= 11 is 0. The molecule has 21 heavy (non-hydrogen) atoms. The molecule has 0 bridgehead atoms. The van der Waals surface area contributed by atoms with Crippen molar-refractivity contribution in [2.24, 2.45) is 11.8 Å². The monoisotopic (exact) mass is 298 g/mol. The molecule has 0 spiro atoms. The molecular weight excluding hydrogens is 268 g/mol. The summed E-state index contributed by atoms with van der Waals surface area (Å²) in [5.74, 6) is -0.208. The number of rotatable bonds is 4. The van der Waals surface area contributed by atoms with Crippen molar-refractivity contribution in [1.82, 2.24) is 10.2 Å². The maximum atomic E-state index is 12.4. The van der Waals surface area contributed by atoms with Crippen LogP contribution in [-0.2, 0) is 9.59 Å². The van der Waals surface area contributed by atoms with Gasteiger partial charge in [-0.25, -0.2) is 0 Å². The van der Waals surface area contributed by atoms with Crippen LogP contribution in [0.15, 0.2) is 0 Å². The van der Waals surface area contributed by atoms with Gasteiger partial charge in [0.15, 0.2) is 0 Å². The third kappa shape index (κ3) is 4.43. The number of piperidine rings is 1. The summed E-state index contributed by atoms with van der Waals surface area (Å²) in [5, 5.41) is 13.1. The Balaban J connectivity index is 2.69. The number of carbonyl (C=O) groups excluding carboxylic acids is 2. The van der Waals surface area contributed by atoms with Crippen molar-refractivity contribution < 1.29 is 14.7 Å². The number of amides is 2. The normalized spacial score (nSPS) is 20.6. The topological polar surface area (TPSA) is 69.6 Å². The van der Waals surface area contributed by atoms with Crippen LogP contribution in [-0.4, -0.2) is 46.1 Å². The van der Waals surface area contributed by atoms with E-state index in [2.05, 4.69) is 5.32 Å². The van der Waals surface area contributed by atoms with Crippen LogP contribution in [0.2, 0.25) is 0 Å². The van der Waals surface area contributed by atoms with Crippen LogP contribution in [0.5, 0.6) is 0 Å². The zero-order chi connectivity index (χ0) is 16.4. The fourth-order valence-corrected chi connectivity index (χ4v) is 2.32. The summed E-state index contributed by atoms with van der Waals surface area (Å²) in [4.78, 5) is 26.3. The number of nitrogens with one attached hydrogen (secondary N) is 1. The van der Waals surface area contributed by atoms with Gasteiger partial charge in [0, 0.05) is 19.0 Å². The van der Waals surface area contributed by atoms with Gasteiger partial charge < -0.3 is 15.3 Å². The van der Waals surface area contributed by atoms with Crippen molar-refractivity contribution in [2.45, 2.75) is 65.5 Å². The molecule has 1 aliphatic rings. The van der Waals surface area contributed by atoms with Crippen LogP contribution >= 0.6 is 0 Å². The van der Waals surface area contributed by atoms with Crippen LogP contribution in [0.4, 0.5) is 0 Å². The Hall–Kier alpha value is -1.10. The van der Waals surface area contributed by atoms with Crippen LogP contribution in [0.1, 0.15) is 54.4 Å². The third-order valence-electron chi connectivity index (χ3n) is 4.56. The molecule has 5 heteroatoms. The summed E-state index contributed by atoms with van der Waals surface area (Å²) in [6, 6.07) is 0. The highest BCUT2D eigenvalue weighted by molar-refractivity contribution is 5.82. The smallest absolute Gasteiger partial charge is 0.225 e. The minimum Gasteiger partial charge on any atom is -0.388 e. The zero-order valence-electron chi connectivity index (χ0n) is 14.2. The molecule has 0 saturated carbocycles. The highest BCUT2D eigenvalue weighted by Crippen LogP contribution is 2.23. The highest BCUT2D eigenvalue weighted by Gasteiger charge is 2.38. The van der Waals surface area contributed by atoms with Crippen molar-refractivity contribution in [1.29, 1.82) is 0 Å². The van der Waals surface area contributed by atoms with E-state index in [1.165, 1.54) is 0 Å². The summed E-state index contributed by atoms with van der Waals surface area (Å²) < 4.78 is 0. The molecule has 0 aromatic carbocycles. The van der Waals surface area contributed by atoms with E-state index in [1.807, 2.05) is 27.7 Å². The lowest BCUT2D eigenvalue weighted by atomic mass is 9.85. The van der Waals surface area contributed by atoms with Gasteiger partial charge >= 0.3 is 0 Å². The van der Waals surface area contributed by atoms with Crippen molar-refractivity contribution in [3.8, 4) is 0 Å². The molecule has 1 aliphatic heterocycles. The maximum Gasteiger partial charge on any atom is 0.225 e. The van der Waals surface area contributed by atoms with Gasteiger partial charge in [0.25, 0.3) is 0 Å². The van der Waals surface area contributed by atoms with Crippen molar-refractivity contribution in [3.05, 3.63) is 0 Å². The highest BCUT2D eigenvalue weighted by atomic mass is 16.3. The van der Waals surface area contributed by atoms with E-state index in [-0.39, 0.29) is 23.7 Å². The molecule has 2 N–H and O–H groups in total. The van der Waals surface area contributed by atoms with Gasteiger partial charge in [0.05, 0.1) is 17.1 Å². The zero-order valence-corrected chi connectivity index (χ0v) is 14.2. The van der Waals surface area contributed by atoms with Gasteiger partial charge in [-0.2, -0.15) is 0 Å². The van der Waals surface area contributed by atoms with Gasteiger partial charge in [-0.1, -0.05) is 13.8 Å². The summed E-state index contributed by atoms with van der Waals surface area (Å²) in [6.45, 7) is 12.0. The van der Waals surface area contributed by atoms with Crippen LogP contribution in [0.25, 0.3) is 0 Å². The Morgan fingerprint density at radius 3 is 2.29 bits per heavy atom. The fourth-order valence-electron chi connectivity index (χ4n) is 2.32. The first kappa shape index (κ1) is 18.0. The van der Waals surface area contributed by atoms with Gasteiger partial charge in [0.2, 0.25) is 11.8 Å². The first-order valence-corrected chi connectivity index (χ1v) is 7.79. The lowest BCUT2D eigenvalue weighted by Crippen LogP contribution is -2.60. The Kier molecular flexibility index (Phi) is 5.42. The van der Waals surface area contributed by atoms with Crippen LogP contribution in [0, 0.1) is 11.8 Å². The van der Waals surface area contributed by atoms with E-state index in [1.54, 1.807) is 18.7 Å². The number of aliphatic hydroxyl groups is 1. The van der Waals surface area contributed by atoms with Crippen molar-refractivity contribution in [2.75, 3.05) is 13.1 Å². The van der Waals surface area contributed by atoms with Gasteiger partial charge in [-0.05, 0) is 40.5 Å². The summed E-state index contributed by atoms with van der Waals surface area (Å²) in [6.07, 6.45) is 1.63. The Labute approximate surface area is 128 Å². The minimum atomic E-state index is -1.01. The molecule has 1 unspecified atom stereocenters. The minimum absolute atomic E-state index is 0.0420. The quantitative estimate of drug-likeness (QED) is 0.827. The molecule has 0 radical (unpaired) electrons.